The predicted molar refractivity (Wildman–Crippen MR) is 160 cm³/mol. The van der Waals surface area contributed by atoms with E-state index >= 15 is 0 Å². The summed E-state index contributed by atoms with van der Waals surface area (Å²) in [7, 11) is 0. The topological polar surface area (TPSA) is 78.9 Å². The highest BCUT2D eigenvalue weighted by Gasteiger charge is 2.19. The standard InChI is InChI=1S/C33H62O6/c1-4-7-10-13-16-19-22-25-31(34)37-28-30(39-33(36)27-24-21-18-15-12-9-6-3)29-38-32(35)26-23-20-17-14-11-8-5-2/h30H,4-29H2,1-3H3/i3D3,6D2,9D2,12D2,15D2,18D2,21D2,24D2,27D2,30D. The Kier molecular flexibility index (Phi) is 11.7. The van der Waals surface area contributed by atoms with Gasteiger partial charge in [-0.1, -0.05) is 136 Å². The fourth-order valence-electron chi connectivity index (χ4n) is 3.41. The van der Waals surface area contributed by atoms with E-state index in [-0.39, 0.29) is 12.8 Å². The van der Waals surface area contributed by atoms with Gasteiger partial charge in [-0.25, -0.2) is 0 Å². The predicted octanol–water partition coefficient (Wildman–Crippen LogP) is 9.41. The van der Waals surface area contributed by atoms with E-state index in [0.717, 1.165) is 64.2 Å². The van der Waals surface area contributed by atoms with Gasteiger partial charge in [0, 0.05) is 45.3 Å². The van der Waals surface area contributed by atoms with Gasteiger partial charge in [0.05, 0.1) is 1.37 Å². The normalized spacial score (nSPS) is 22.2. The lowest BCUT2D eigenvalue weighted by Gasteiger charge is -2.18. The molecule has 0 unspecified atom stereocenters. The molecule has 39 heavy (non-hydrogen) atoms. The van der Waals surface area contributed by atoms with E-state index in [9.17, 15) is 14.4 Å². The average Bonchev–Trinajstić information content (AvgIpc) is 3.11. The van der Waals surface area contributed by atoms with Gasteiger partial charge >= 0.3 is 17.9 Å². The van der Waals surface area contributed by atoms with Crippen molar-refractivity contribution >= 4 is 17.9 Å². The van der Waals surface area contributed by atoms with Crippen molar-refractivity contribution in [3.8, 4) is 0 Å². The zero-order valence-electron chi connectivity index (χ0n) is 43.7. The van der Waals surface area contributed by atoms with Crippen LogP contribution in [0.25, 0.3) is 0 Å². The third kappa shape index (κ3) is 27.8. The second kappa shape index (κ2) is 29.4. The summed E-state index contributed by atoms with van der Waals surface area (Å²) in [4.78, 5) is 38.5. The van der Waals surface area contributed by atoms with Crippen LogP contribution in [-0.4, -0.2) is 37.2 Å². The van der Waals surface area contributed by atoms with Crippen molar-refractivity contribution in [1.82, 2.24) is 0 Å². The summed E-state index contributed by atoms with van der Waals surface area (Å²) in [6, 6.07) is 0. The van der Waals surface area contributed by atoms with Crippen molar-refractivity contribution in [2.75, 3.05) is 13.2 Å². The van der Waals surface area contributed by atoms with Crippen LogP contribution in [0.4, 0.5) is 0 Å². The Balaban J connectivity index is 6.49. The molecule has 230 valence electrons. The summed E-state index contributed by atoms with van der Waals surface area (Å²) in [6.07, 6.45) is -28.0. The Bertz CT molecular complexity index is 1300. The molecule has 0 aliphatic carbocycles. The van der Waals surface area contributed by atoms with Crippen molar-refractivity contribution in [2.24, 2.45) is 0 Å². The van der Waals surface area contributed by atoms with Crippen LogP contribution in [-0.2, 0) is 28.6 Å². The molecule has 0 aromatic heterocycles. The molecule has 0 saturated carbocycles. The first-order chi connectivity index (χ1) is 26.5. The van der Waals surface area contributed by atoms with Crippen LogP contribution in [0.1, 0.15) is 202 Å². The van der Waals surface area contributed by atoms with E-state index in [1.807, 2.05) is 0 Å². The second-order valence-corrected chi connectivity index (χ2v) is 8.99. The molecule has 0 fully saturated rings. The van der Waals surface area contributed by atoms with Crippen LogP contribution < -0.4 is 0 Å². The van der Waals surface area contributed by atoms with Gasteiger partial charge in [-0.05, 0) is 19.2 Å². The molecule has 0 aliphatic heterocycles. The van der Waals surface area contributed by atoms with Gasteiger partial charge in [-0.15, -0.1) is 0 Å². The molecule has 0 saturated heterocycles. The molecule has 6 heteroatoms. The van der Waals surface area contributed by atoms with E-state index in [2.05, 4.69) is 13.8 Å². The first-order valence-corrected chi connectivity index (χ1v) is 14.1. The zero-order valence-corrected chi connectivity index (χ0v) is 23.7. The van der Waals surface area contributed by atoms with Crippen molar-refractivity contribution in [3.05, 3.63) is 0 Å². The van der Waals surface area contributed by atoms with Gasteiger partial charge in [0.25, 0.3) is 0 Å². The van der Waals surface area contributed by atoms with Crippen LogP contribution in [0, 0.1) is 0 Å². The number of hydrogen-bond donors (Lipinski definition) is 0. The lowest BCUT2D eigenvalue weighted by molar-refractivity contribution is -0.167. The first-order valence-electron chi connectivity index (χ1n) is 24.1. The summed E-state index contributed by atoms with van der Waals surface area (Å²) in [6.45, 7) is -2.27. The van der Waals surface area contributed by atoms with E-state index < -0.39 is 95.0 Å². The van der Waals surface area contributed by atoms with Crippen LogP contribution in [0.15, 0.2) is 0 Å². The molecule has 0 heterocycles. The number of hydrogen-bond acceptors (Lipinski definition) is 6. The molecule has 0 amide bonds. The molecule has 0 aromatic rings. The Morgan fingerprint density at radius 1 is 0.615 bits per heavy atom. The summed E-state index contributed by atoms with van der Waals surface area (Å²) < 4.78 is 176. The maximum atomic E-state index is 13.4. The van der Waals surface area contributed by atoms with E-state index in [1.165, 1.54) is 0 Å². The fraction of sp³-hybridized carbons (Fsp3) is 0.909. The lowest BCUT2D eigenvalue weighted by Crippen LogP contribution is -2.30. The smallest absolute Gasteiger partial charge is 0.306 e. The minimum Gasteiger partial charge on any atom is -0.462 e. The molecule has 0 spiro atoms. The van der Waals surface area contributed by atoms with Crippen LogP contribution >= 0.6 is 0 Å². The number of carbonyl (C=O) groups excluding carboxylic acids is 3. The summed E-state index contributed by atoms with van der Waals surface area (Å²) in [5, 5.41) is 0. The van der Waals surface area contributed by atoms with Crippen molar-refractivity contribution < 1.29 is 56.0 Å². The first kappa shape index (κ1) is 15.6. The molecular formula is C33H62O6. The third-order valence-corrected chi connectivity index (χ3v) is 5.53. The SMILES string of the molecule is [2H]C(COC(=O)CCCCCCCCC)(COC(=O)CCCCCCCCC)OC(=O)C([2H])([2H])C([2H])([2H])C([2H])([2H])C([2H])([2H])C([2H])([2H])C([2H])([2H])C([2H])([2H])C([2H])([2H])C([2H])([2H])[2H]. The maximum Gasteiger partial charge on any atom is 0.306 e. The molecule has 0 aromatic carbocycles. The van der Waals surface area contributed by atoms with Crippen LogP contribution in [0.3, 0.4) is 0 Å². The summed E-state index contributed by atoms with van der Waals surface area (Å²) >= 11 is 0. The summed E-state index contributed by atoms with van der Waals surface area (Å²) in [5.41, 5.74) is 0. The van der Waals surface area contributed by atoms with Gasteiger partial charge in [0.15, 0.2) is 6.08 Å². The van der Waals surface area contributed by atoms with Crippen molar-refractivity contribution in [1.29, 1.82) is 0 Å². The number of esters is 3. The largest absolute Gasteiger partial charge is 0.462 e. The second-order valence-electron chi connectivity index (χ2n) is 8.99. The molecule has 6 nitrogen and oxygen atoms in total. The quantitative estimate of drug-likeness (QED) is 0.0503. The third-order valence-electron chi connectivity index (χ3n) is 5.53. The highest BCUT2D eigenvalue weighted by Crippen LogP contribution is 2.12. The fourth-order valence-corrected chi connectivity index (χ4v) is 3.41. The van der Waals surface area contributed by atoms with Crippen LogP contribution in [0.2, 0.25) is 0 Å². The number of ether oxygens (including phenoxy) is 3. The minimum atomic E-state index is -4.76. The molecular weight excluding hydrogens is 492 g/mol. The average molecular weight is 575 g/mol. The molecule has 0 radical (unpaired) electrons. The molecule has 0 N–H and O–H groups in total. The highest BCUT2D eigenvalue weighted by molar-refractivity contribution is 5.71. The molecule has 0 bridgehead atoms. The van der Waals surface area contributed by atoms with E-state index in [0.29, 0.717) is 25.7 Å². The van der Waals surface area contributed by atoms with Gasteiger partial charge in [0.2, 0.25) is 0 Å². The van der Waals surface area contributed by atoms with Gasteiger partial charge in [-0.3, -0.25) is 14.4 Å². The molecule has 0 aliphatic rings. The monoisotopic (exact) mass is 575 g/mol. The Morgan fingerprint density at radius 2 is 1.05 bits per heavy atom. The van der Waals surface area contributed by atoms with Gasteiger partial charge in [-0.2, -0.15) is 0 Å². The van der Waals surface area contributed by atoms with Gasteiger partial charge in [0.1, 0.15) is 13.2 Å². The maximum absolute atomic E-state index is 13.4. The number of unbranched alkanes of at least 4 members (excludes halogenated alkanes) is 12. The van der Waals surface area contributed by atoms with Crippen molar-refractivity contribution in [2.45, 2.75) is 180 Å². The summed E-state index contributed by atoms with van der Waals surface area (Å²) in [5.74, 6) is -4.23. The Hall–Kier alpha value is -1.59. The Labute approximate surface area is 268 Å². The number of carbonyl (C=O) groups is 3. The lowest BCUT2D eigenvalue weighted by atomic mass is 10.1. The number of rotatable bonds is 29. The molecule has 0 atom stereocenters. The van der Waals surface area contributed by atoms with E-state index in [4.69, 9.17) is 41.6 Å². The van der Waals surface area contributed by atoms with Crippen LogP contribution in [0.5, 0.6) is 0 Å². The molecule has 0 rings (SSSR count). The minimum absolute atomic E-state index is 0.143. The highest BCUT2D eigenvalue weighted by atomic mass is 16.6. The van der Waals surface area contributed by atoms with Crippen molar-refractivity contribution in [3.63, 3.8) is 0 Å². The zero-order chi connectivity index (χ0) is 46.6. The van der Waals surface area contributed by atoms with E-state index in [1.54, 1.807) is 0 Å². The van der Waals surface area contributed by atoms with Gasteiger partial charge < -0.3 is 14.2 Å². The Morgan fingerprint density at radius 3 is 1.54 bits per heavy atom.